The lowest BCUT2D eigenvalue weighted by atomic mass is 10.0. The fourth-order valence-electron chi connectivity index (χ4n) is 7.12. The highest BCUT2D eigenvalue weighted by Crippen LogP contribution is 2.44. The average molecular weight is 640 g/mol. The van der Waals surface area contributed by atoms with Gasteiger partial charge in [-0.15, -0.1) is 0 Å². The summed E-state index contributed by atoms with van der Waals surface area (Å²) in [5.41, 5.74) is 13.8. The minimum Gasteiger partial charge on any atom is -0.310 e. The Morgan fingerprint density at radius 2 is 0.940 bits per heavy atom. The third-order valence-corrected chi connectivity index (χ3v) is 9.48. The van der Waals surface area contributed by atoms with Gasteiger partial charge in [-0.2, -0.15) is 0 Å². The molecule has 0 aliphatic rings. The Balaban J connectivity index is 1.25. The topological polar surface area (TPSA) is 21.1 Å². The van der Waals surface area contributed by atoms with Crippen LogP contribution in [0.1, 0.15) is 0 Å². The summed E-state index contributed by atoms with van der Waals surface area (Å²) < 4.78 is 2.39. The molecule has 0 unspecified atom stereocenters. The molecule has 0 aliphatic heterocycles. The molecular weight excluding hydrogens is 607 g/mol. The Labute approximate surface area is 292 Å². The van der Waals surface area contributed by atoms with E-state index in [0.29, 0.717) is 0 Å². The molecule has 0 fully saturated rings. The molecule has 7 aromatic carbocycles. The molecule has 3 heteroatoms. The van der Waals surface area contributed by atoms with Crippen LogP contribution in [0, 0.1) is 0 Å². The van der Waals surface area contributed by atoms with Crippen LogP contribution in [-0.4, -0.2) is 9.55 Å². The molecule has 0 spiro atoms. The van der Waals surface area contributed by atoms with Crippen LogP contribution in [0.5, 0.6) is 0 Å². The maximum atomic E-state index is 4.37. The quantitative estimate of drug-likeness (QED) is 0.173. The highest BCUT2D eigenvalue weighted by Gasteiger charge is 2.21. The van der Waals surface area contributed by atoms with Crippen molar-refractivity contribution in [2.24, 2.45) is 0 Å². The zero-order valence-electron chi connectivity index (χ0n) is 27.4. The third kappa shape index (κ3) is 5.32. The van der Waals surface area contributed by atoms with Gasteiger partial charge < -0.3 is 9.47 Å². The fraction of sp³-hybridized carbons (Fsp3) is 0. The van der Waals surface area contributed by atoms with E-state index in [9.17, 15) is 0 Å². The van der Waals surface area contributed by atoms with Crippen LogP contribution in [0.4, 0.5) is 17.1 Å². The normalized spacial score (nSPS) is 11.2. The van der Waals surface area contributed by atoms with Gasteiger partial charge in [0.15, 0.2) is 0 Å². The number of para-hydroxylation sites is 1. The molecular formula is C47H33N3. The maximum Gasteiger partial charge on any atom is 0.0562 e. The molecule has 3 nitrogen and oxygen atoms in total. The number of aromatic nitrogens is 2. The largest absolute Gasteiger partial charge is 0.310 e. The SMILES string of the molecule is c1ccc(-c2ccc(N(c3ccc(-c4ccccc4)cc3)c3cccc4c3c3ccccc3n4-c3cccc(-c4cccnc4)c3)cc2)cc1. The Morgan fingerprint density at radius 1 is 0.400 bits per heavy atom. The summed E-state index contributed by atoms with van der Waals surface area (Å²) in [5.74, 6) is 0. The molecule has 0 amide bonds. The number of pyridine rings is 1. The summed E-state index contributed by atoms with van der Waals surface area (Å²) in [6.07, 6.45) is 3.74. The van der Waals surface area contributed by atoms with Gasteiger partial charge in [0.25, 0.3) is 0 Å². The van der Waals surface area contributed by atoms with Crippen molar-refractivity contribution < 1.29 is 0 Å². The van der Waals surface area contributed by atoms with Gasteiger partial charge >= 0.3 is 0 Å². The van der Waals surface area contributed by atoms with E-state index < -0.39 is 0 Å². The molecule has 0 saturated carbocycles. The van der Waals surface area contributed by atoms with E-state index in [-0.39, 0.29) is 0 Å². The van der Waals surface area contributed by atoms with Crippen LogP contribution in [0.15, 0.2) is 200 Å². The number of hydrogen-bond acceptors (Lipinski definition) is 2. The van der Waals surface area contributed by atoms with Gasteiger partial charge in [-0.1, -0.05) is 127 Å². The van der Waals surface area contributed by atoms with Crippen LogP contribution < -0.4 is 4.90 Å². The monoisotopic (exact) mass is 639 g/mol. The summed E-state index contributed by atoms with van der Waals surface area (Å²) in [5, 5.41) is 2.41. The Hall–Kier alpha value is -6.71. The predicted octanol–water partition coefficient (Wildman–Crippen LogP) is 12.6. The van der Waals surface area contributed by atoms with Gasteiger partial charge in [0, 0.05) is 45.8 Å². The van der Waals surface area contributed by atoms with Crippen molar-refractivity contribution in [2.45, 2.75) is 0 Å². The van der Waals surface area contributed by atoms with E-state index in [1.54, 1.807) is 0 Å². The molecule has 0 saturated heterocycles. The zero-order valence-corrected chi connectivity index (χ0v) is 27.4. The lowest BCUT2D eigenvalue weighted by Crippen LogP contribution is -2.10. The van der Waals surface area contributed by atoms with Gasteiger partial charge in [-0.3, -0.25) is 4.98 Å². The summed E-state index contributed by atoms with van der Waals surface area (Å²) in [4.78, 5) is 6.77. The molecule has 9 aromatic rings. The van der Waals surface area contributed by atoms with E-state index in [2.05, 4.69) is 196 Å². The Morgan fingerprint density at radius 3 is 1.58 bits per heavy atom. The van der Waals surface area contributed by atoms with Crippen molar-refractivity contribution in [3.05, 3.63) is 200 Å². The smallest absolute Gasteiger partial charge is 0.0562 e. The standard InChI is InChI=1S/C47H33N3/c1-3-12-34(13-4-1)36-23-27-40(28-24-36)49(41-29-25-37(26-30-41)35-14-5-2-6-15-35)45-21-10-22-46-47(45)43-19-7-8-20-44(43)50(46)42-18-9-16-38(32-42)39-17-11-31-48-33-39/h1-33H. The average Bonchev–Trinajstić information content (AvgIpc) is 3.55. The van der Waals surface area contributed by atoms with Crippen molar-refractivity contribution in [3.8, 4) is 39.1 Å². The molecule has 9 rings (SSSR count). The van der Waals surface area contributed by atoms with Crippen molar-refractivity contribution in [1.82, 2.24) is 9.55 Å². The molecule has 0 atom stereocenters. The number of fused-ring (bicyclic) bond motifs is 3. The van der Waals surface area contributed by atoms with Crippen LogP contribution in [0.3, 0.4) is 0 Å². The first kappa shape index (κ1) is 29.4. The van der Waals surface area contributed by atoms with Crippen molar-refractivity contribution in [1.29, 1.82) is 0 Å². The highest BCUT2D eigenvalue weighted by atomic mass is 15.1. The molecule has 236 valence electrons. The van der Waals surface area contributed by atoms with Crippen molar-refractivity contribution in [3.63, 3.8) is 0 Å². The van der Waals surface area contributed by atoms with Gasteiger partial charge in [-0.25, -0.2) is 0 Å². The van der Waals surface area contributed by atoms with Crippen molar-refractivity contribution in [2.75, 3.05) is 4.90 Å². The van der Waals surface area contributed by atoms with Gasteiger partial charge in [-0.05, 0) is 88.5 Å². The Kier molecular flexibility index (Phi) is 7.49. The maximum absolute atomic E-state index is 4.37. The molecule has 2 heterocycles. The molecule has 50 heavy (non-hydrogen) atoms. The third-order valence-electron chi connectivity index (χ3n) is 9.48. The Bertz CT molecular complexity index is 2470. The minimum absolute atomic E-state index is 1.10. The zero-order chi connectivity index (χ0) is 33.3. The highest BCUT2D eigenvalue weighted by molar-refractivity contribution is 6.16. The van der Waals surface area contributed by atoms with Crippen LogP contribution in [0.2, 0.25) is 0 Å². The van der Waals surface area contributed by atoms with E-state index in [4.69, 9.17) is 0 Å². The second-order valence-corrected chi connectivity index (χ2v) is 12.5. The van der Waals surface area contributed by atoms with Crippen LogP contribution in [0.25, 0.3) is 60.9 Å². The predicted molar refractivity (Wildman–Crippen MR) is 210 cm³/mol. The molecule has 0 radical (unpaired) electrons. The number of rotatable bonds is 7. The van der Waals surface area contributed by atoms with E-state index in [1.165, 1.54) is 33.0 Å². The van der Waals surface area contributed by atoms with Crippen LogP contribution in [-0.2, 0) is 0 Å². The van der Waals surface area contributed by atoms with Crippen molar-refractivity contribution >= 4 is 38.9 Å². The molecule has 0 bridgehead atoms. The minimum atomic E-state index is 1.10. The van der Waals surface area contributed by atoms with Gasteiger partial charge in [0.1, 0.15) is 0 Å². The fourth-order valence-corrected chi connectivity index (χ4v) is 7.12. The number of anilines is 3. The first-order valence-corrected chi connectivity index (χ1v) is 17.0. The molecule has 2 aromatic heterocycles. The lowest BCUT2D eigenvalue weighted by Gasteiger charge is -2.27. The molecule has 0 aliphatic carbocycles. The van der Waals surface area contributed by atoms with E-state index in [1.807, 2.05) is 18.5 Å². The van der Waals surface area contributed by atoms with Crippen LogP contribution >= 0.6 is 0 Å². The molecule has 0 N–H and O–H groups in total. The second kappa shape index (κ2) is 12.7. The lowest BCUT2D eigenvalue weighted by molar-refractivity contribution is 1.18. The van der Waals surface area contributed by atoms with Gasteiger partial charge in [0.2, 0.25) is 0 Å². The number of hydrogen-bond donors (Lipinski definition) is 0. The number of nitrogens with zero attached hydrogens (tertiary/aromatic N) is 3. The summed E-state index contributed by atoms with van der Waals surface area (Å²) >= 11 is 0. The van der Waals surface area contributed by atoms with Gasteiger partial charge in [0.05, 0.1) is 16.7 Å². The number of benzene rings is 7. The summed E-state index contributed by atoms with van der Waals surface area (Å²) in [7, 11) is 0. The first-order valence-electron chi connectivity index (χ1n) is 17.0. The van der Waals surface area contributed by atoms with E-state index >= 15 is 0 Å². The first-order chi connectivity index (χ1) is 24.8. The summed E-state index contributed by atoms with van der Waals surface area (Å²) in [6, 6.07) is 67.2. The summed E-state index contributed by atoms with van der Waals surface area (Å²) in [6.45, 7) is 0. The second-order valence-electron chi connectivity index (χ2n) is 12.5. The van der Waals surface area contributed by atoms with E-state index in [0.717, 1.165) is 44.9 Å².